The highest BCUT2D eigenvalue weighted by molar-refractivity contribution is 8.00. The average molecular weight is 406 g/mol. The molecule has 0 radical (unpaired) electrons. The maximum Gasteiger partial charge on any atom is 0.0548 e. The van der Waals surface area contributed by atoms with Gasteiger partial charge < -0.3 is 0 Å². The molecule has 1 saturated heterocycles. The number of hydrogen-bond acceptors (Lipinski definition) is 4. The number of halogens is 2. The van der Waals surface area contributed by atoms with Crippen LogP contribution < -0.4 is 0 Å². The van der Waals surface area contributed by atoms with E-state index in [0.29, 0.717) is 5.25 Å². The van der Waals surface area contributed by atoms with Crippen molar-refractivity contribution in [2.24, 2.45) is 0 Å². The normalized spacial score (nSPS) is 15.7. The smallest absolute Gasteiger partial charge is 0.0548 e. The Morgan fingerprint density at radius 1 is 1.00 bits per heavy atom. The fourth-order valence-corrected chi connectivity index (χ4v) is 4.77. The molecule has 1 fully saturated rings. The molecule has 0 unspecified atom stereocenters. The molecule has 4 rings (SSSR count). The molecule has 3 heterocycles. The monoisotopic (exact) mass is 405 g/mol. The van der Waals surface area contributed by atoms with Crippen LogP contribution in [0, 0.1) is 0 Å². The first-order valence-electron chi connectivity index (χ1n) is 8.59. The van der Waals surface area contributed by atoms with Crippen molar-refractivity contribution >= 4 is 46.5 Å². The Morgan fingerprint density at radius 3 is 2.50 bits per heavy atom. The largest absolute Gasteiger partial charge is 0.299 e. The highest BCUT2D eigenvalue weighted by Gasteiger charge is 2.21. The number of pyridine rings is 2. The molecule has 6 heteroatoms. The number of fused-ring (bicyclic) bond motifs is 1. The van der Waals surface area contributed by atoms with E-state index in [1.807, 2.05) is 48.7 Å². The second kappa shape index (κ2) is 9.05. The van der Waals surface area contributed by atoms with Gasteiger partial charge in [0.25, 0.3) is 0 Å². The lowest BCUT2D eigenvalue weighted by atomic mass is 10.1. The van der Waals surface area contributed by atoms with Crippen molar-refractivity contribution in [1.82, 2.24) is 14.9 Å². The molecule has 0 N–H and O–H groups in total. The molecular formula is C20H21Cl2N3S. The Labute approximate surface area is 169 Å². The molecular weight excluding hydrogens is 385 g/mol. The molecule has 0 aliphatic carbocycles. The topological polar surface area (TPSA) is 29.0 Å². The van der Waals surface area contributed by atoms with Gasteiger partial charge in [-0.1, -0.05) is 11.6 Å². The summed E-state index contributed by atoms with van der Waals surface area (Å²) in [5.74, 6) is 0. The van der Waals surface area contributed by atoms with Gasteiger partial charge in [0, 0.05) is 46.9 Å². The number of piperidine rings is 1. The minimum absolute atomic E-state index is 0. The molecule has 1 aromatic carbocycles. The fourth-order valence-electron chi connectivity index (χ4n) is 3.29. The van der Waals surface area contributed by atoms with Gasteiger partial charge in [0.05, 0.1) is 5.02 Å². The highest BCUT2D eigenvalue weighted by atomic mass is 35.5. The molecule has 1 aliphatic heterocycles. The van der Waals surface area contributed by atoms with Crippen LogP contribution in [0.5, 0.6) is 0 Å². The van der Waals surface area contributed by atoms with Crippen molar-refractivity contribution < 1.29 is 0 Å². The maximum absolute atomic E-state index is 6.49. The Balaban J connectivity index is 0.00000196. The number of likely N-dealkylation sites (tertiary alicyclic amines) is 1. The first-order chi connectivity index (χ1) is 12.3. The van der Waals surface area contributed by atoms with Crippen LogP contribution in [0.3, 0.4) is 0 Å². The number of aromatic nitrogens is 2. The molecule has 136 valence electrons. The maximum atomic E-state index is 6.49. The SMILES string of the molecule is Cl.Clc1cc2cnccc2cc1SC1CCN(Cc2ccncc2)CC1. The Kier molecular flexibility index (Phi) is 6.76. The lowest BCUT2D eigenvalue weighted by molar-refractivity contribution is 0.225. The second-order valence-electron chi connectivity index (χ2n) is 6.45. The first-order valence-corrected chi connectivity index (χ1v) is 9.85. The zero-order chi connectivity index (χ0) is 17.1. The third kappa shape index (κ3) is 4.68. The highest BCUT2D eigenvalue weighted by Crippen LogP contribution is 2.37. The van der Waals surface area contributed by atoms with Gasteiger partial charge in [-0.2, -0.15) is 0 Å². The third-order valence-corrected chi connectivity index (χ3v) is 6.50. The Bertz CT molecular complexity index is 852. The van der Waals surface area contributed by atoms with Crippen molar-refractivity contribution in [1.29, 1.82) is 0 Å². The number of rotatable bonds is 4. The van der Waals surface area contributed by atoms with Crippen LogP contribution in [-0.2, 0) is 6.54 Å². The van der Waals surface area contributed by atoms with E-state index in [1.54, 1.807) is 0 Å². The predicted molar refractivity (Wildman–Crippen MR) is 112 cm³/mol. The summed E-state index contributed by atoms with van der Waals surface area (Å²) in [4.78, 5) is 12.0. The molecule has 0 spiro atoms. The Hall–Kier alpha value is -1.33. The minimum atomic E-state index is 0. The number of thioether (sulfide) groups is 1. The molecule has 2 aromatic heterocycles. The summed E-state index contributed by atoms with van der Waals surface area (Å²) in [6.07, 6.45) is 9.83. The molecule has 0 saturated carbocycles. The van der Waals surface area contributed by atoms with E-state index >= 15 is 0 Å². The van der Waals surface area contributed by atoms with Gasteiger partial charge in [-0.25, -0.2) is 0 Å². The van der Waals surface area contributed by atoms with Gasteiger partial charge in [0.1, 0.15) is 0 Å². The van der Waals surface area contributed by atoms with Crippen molar-refractivity contribution in [3.8, 4) is 0 Å². The summed E-state index contributed by atoms with van der Waals surface area (Å²) in [5, 5.41) is 3.77. The lowest BCUT2D eigenvalue weighted by Crippen LogP contribution is -2.34. The van der Waals surface area contributed by atoms with Gasteiger partial charge in [0.15, 0.2) is 0 Å². The summed E-state index contributed by atoms with van der Waals surface area (Å²) < 4.78 is 0. The van der Waals surface area contributed by atoms with Crippen LogP contribution in [0.1, 0.15) is 18.4 Å². The quantitative estimate of drug-likeness (QED) is 0.575. The van der Waals surface area contributed by atoms with E-state index in [9.17, 15) is 0 Å². The van der Waals surface area contributed by atoms with Gasteiger partial charge in [-0.05, 0) is 67.2 Å². The van der Waals surface area contributed by atoms with E-state index in [1.165, 1.54) is 28.7 Å². The molecule has 1 aliphatic rings. The first kappa shape index (κ1) is 19.4. The molecule has 3 aromatic rings. The van der Waals surface area contributed by atoms with Crippen LogP contribution in [0.2, 0.25) is 5.02 Å². The Morgan fingerprint density at radius 2 is 1.73 bits per heavy atom. The average Bonchev–Trinajstić information content (AvgIpc) is 2.65. The van der Waals surface area contributed by atoms with Gasteiger partial charge in [-0.3, -0.25) is 14.9 Å². The predicted octanol–water partition coefficient (Wildman–Crippen LogP) is 5.46. The summed E-state index contributed by atoms with van der Waals surface area (Å²) in [6, 6.07) is 10.5. The molecule has 0 bridgehead atoms. The van der Waals surface area contributed by atoms with Crippen LogP contribution >= 0.6 is 35.8 Å². The molecule has 3 nitrogen and oxygen atoms in total. The lowest BCUT2D eigenvalue weighted by Gasteiger charge is -2.31. The third-order valence-electron chi connectivity index (χ3n) is 4.68. The van der Waals surface area contributed by atoms with E-state index in [2.05, 4.69) is 33.1 Å². The van der Waals surface area contributed by atoms with Gasteiger partial charge >= 0.3 is 0 Å². The van der Waals surface area contributed by atoms with E-state index < -0.39 is 0 Å². The van der Waals surface area contributed by atoms with Crippen LogP contribution in [-0.4, -0.2) is 33.2 Å². The molecule has 0 amide bonds. The zero-order valence-electron chi connectivity index (χ0n) is 14.3. The summed E-state index contributed by atoms with van der Waals surface area (Å²) in [6.45, 7) is 3.29. The molecule has 0 atom stereocenters. The van der Waals surface area contributed by atoms with Crippen LogP contribution in [0.25, 0.3) is 10.8 Å². The van der Waals surface area contributed by atoms with Crippen LogP contribution in [0.4, 0.5) is 0 Å². The standard InChI is InChI=1S/C20H20ClN3S.ClH/c21-19-11-17-13-23-8-3-16(17)12-20(19)25-18-4-9-24(10-5-18)14-15-1-6-22-7-2-15;/h1-3,6-8,11-13,18H,4-5,9-10,14H2;1H. The number of hydrogen-bond donors (Lipinski definition) is 0. The van der Waals surface area contributed by atoms with E-state index in [-0.39, 0.29) is 12.4 Å². The van der Waals surface area contributed by atoms with Crippen molar-refractivity contribution in [3.63, 3.8) is 0 Å². The summed E-state index contributed by atoms with van der Waals surface area (Å²) >= 11 is 8.42. The number of nitrogens with zero attached hydrogens (tertiary/aromatic N) is 3. The fraction of sp³-hybridized carbons (Fsp3) is 0.300. The van der Waals surface area contributed by atoms with Crippen LogP contribution in [0.15, 0.2) is 60.0 Å². The van der Waals surface area contributed by atoms with Crippen molar-refractivity contribution in [2.75, 3.05) is 13.1 Å². The second-order valence-corrected chi connectivity index (χ2v) is 8.20. The minimum Gasteiger partial charge on any atom is -0.299 e. The summed E-state index contributed by atoms with van der Waals surface area (Å²) in [7, 11) is 0. The number of benzene rings is 1. The zero-order valence-corrected chi connectivity index (χ0v) is 16.7. The van der Waals surface area contributed by atoms with Crippen molar-refractivity contribution in [3.05, 3.63) is 65.7 Å². The van der Waals surface area contributed by atoms with E-state index in [4.69, 9.17) is 11.6 Å². The molecule has 26 heavy (non-hydrogen) atoms. The van der Waals surface area contributed by atoms with Gasteiger partial charge in [0.2, 0.25) is 0 Å². The van der Waals surface area contributed by atoms with Crippen molar-refractivity contribution in [2.45, 2.75) is 29.5 Å². The summed E-state index contributed by atoms with van der Waals surface area (Å²) in [5.41, 5.74) is 1.34. The van der Waals surface area contributed by atoms with E-state index in [0.717, 1.165) is 30.0 Å². The van der Waals surface area contributed by atoms with Gasteiger partial charge in [-0.15, -0.1) is 24.2 Å².